The highest BCUT2D eigenvalue weighted by Gasteiger charge is 2.14. The highest BCUT2D eigenvalue weighted by molar-refractivity contribution is 6.04. The first kappa shape index (κ1) is 11.7. The molecule has 0 radical (unpaired) electrons. The van der Waals surface area contributed by atoms with Gasteiger partial charge in [-0.15, -0.1) is 0 Å². The molecule has 3 rings (SSSR count). The molecule has 0 fully saturated rings. The summed E-state index contributed by atoms with van der Waals surface area (Å²) in [4.78, 5) is 15.9. The summed E-state index contributed by atoms with van der Waals surface area (Å²) in [5.41, 5.74) is 3.17. The fourth-order valence-electron chi connectivity index (χ4n) is 2.13. The summed E-state index contributed by atoms with van der Waals surface area (Å²) >= 11 is 0. The van der Waals surface area contributed by atoms with Gasteiger partial charge in [0, 0.05) is 25.0 Å². The first-order valence-corrected chi connectivity index (χ1v) is 6.02. The molecule has 1 amide bonds. The van der Waals surface area contributed by atoms with Gasteiger partial charge in [0.05, 0.1) is 0 Å². The van der Waals surface area contributed by atoms with E-state index in [1.807, 2.05) is 18.2 Å². The zero-order valence-electron chi connectivity index (χ0n) is 10.2. The van der Waals surface area contributed by atoms with Crippen molar-refractivity contribution in [1.29, 1.82) is 0 Å². The third kappa shape index (κ3) is 2.28. The fourth-order valence-corrected chi connectivity index (χ4v) is 2.13. The molecule has 0 unspecified atom stereocenters. The Morgan fingerprint density at radius 2 is 2.11 bits per heavy atom. The number of benzene rings is 1. The van der Waals surface area contributed by atoms with Gasteiger partial charge in [0.1, 0.15) is 5.75 Å². The molecular weight excluding hydrogens is 242 g/mol. The van der Waals surface area contributed by atoms with E-state index in [9.17, 15) is 9.90 Å². The van der Waals surface area contributed by atoms with Gasteiger partial charge >= 0.3 is 0 Å². The largest absolute Gasteiger partial charge is 0.505 e. The second-order valence-corrected chi connectivity index (χ2v) is 4.41. The minimum Gasteiger partial charge on any atom is -0.505 e. The standard InChI is InChI=1S/C14H13N3O2/c18-12-2-1-5-16-13(12)14(19)17-11-4-3-9-7-15-8-10(9)6-11/h1-6,15,18H,7-8H2,(H,17,19). The van der Waals surface area contributed by atoms with Crippen LogP contribution in [-0.2, 0) is 13.1 Å². The van der Waals surface area contributed by atoms with Gasteiger partial charge in [-0.2, -0.15) is 0 Å². The topological polar surface area (TPSA) is 74.2 Å². The first-order chi connectivity index (χ1) is 9.24. The van der Waals surface area contributed by atoms with Crippen molar-refractivity contribution >= 4 is 11.6 Å². The number of nitrogens with zero attached hydrogens (tertiary/aromatic N) is 1. The molecule has 0 bridgehead atoms. The minimum atomic E-state index is -0.413. The second kappa shape index (κ2) is 4.70. The van der Waals surface area contributed by atoms with E-state index in [2.05, 4.69) is 15.6 Å². The minimum absolute atomic E-state index is 0.0288. The summed E-state index contributed by atoms with van der Waals surface area (Å²) in [6.07, 6.45) is 1.47. The number of anilines is 1. The van der Waals surface area contributed by atoms with Gasteiger partial charge in [0.25, 0.3) is 5.91 Å². The Morgan fingerprint density at radius 1 is 1.26 bits per heavy atom. The molecule has 1 aromatic carbocycles. The van der Waals surface area contributed by atoms with Crippen LogP contribution in [0.3, 0.4) is 0 Å². The molecule has 0 atom stereocenters. The molecule has 1 aromatic heterocycles. The van der Waals surface area contributed by atoms with Gasteiger partial charge < -0.3 is 15.7 Å². The van der Waals surface area contributed by atoms with E-state index in [-0.39, 0.29) is 11.4 Å². The van der Waals surface area contributed by atoms with E-state index in [1.54, 1.807) is 6.07 Å². The van der Waals surface area contributed by atoms with Crippen LogP contribution in [0.4, 0.5) is 5.69 Å². The van der Waals surface area contributed by atoms with Gasteiger partial charge in [0.15, 0.2) is 5.69 Å². The smallest absolute Gasteiger partial charge is 0.278 e. The molecule has 0 saturated heterocycles. The summed E-state index contributed by atoms with van der Waals surface area (Å²) < 4.78 is 0. The van der Waals surface area contributed by atoms with E-state index in [1.165, 1.54) is 23.4 Å². The summed E-state index contributed by atoms with van der Waals surface area (Å²) in [7, 11) is 0. The Labute approximate surface area is 110 Å². The van der Waals surface area contributed by atoms with E-state index in [0.717, 1.165) is 13.1 Å². The second-order valence-electron chi connectivity index (χ2n) is 4.41. The number of carbonyl (C=O) groups excluding carboxylic acids is 1. The normalized spacial score (nSPS) is 13.1. The van der Waals surface area contributed by atoms with Gasteiger partial charge in [-0.25, -0.2) is 4.98 Å². The van der Waals surface area contributed by atoms with Crippen molar-refractivity contribution in [3.63, 3.8) is 0 Å². The van der Waals surface area contributed by atoms with Crippen molar-refractivity contribution < 1.29 is 9.90 Å². The SMILES string of the molecule is O=C(Nc1ccc2c(c1)CNC2)c1ncccc1O. The Kier molecular flexibility index (Phi) is 2.89. The van der Waals surface area contributed by atoms with Gasteiger partial charge in [-0.3, -0.25) is 4.79 Å². The summed E-state index contributed by atoms with van der Waals surface area (Å²) in [6, 6.07) is 8.79. The molecule has 19 heavy (non-hydrogen) atoms. The van der Waals surface area contributed by atoms with Crippen LogP contribution in [0.2, 0.25) is 0 Å². The lowest BCUT2D eigenvalue weighted by Crippen LogP contribution is -2.13. The maximum Gasteiger partial charge on any atom is 0.278 e. The zero-order valence-corrected chi connectivity index (χ0v) is 10.2. The van der Waals surface area contributed by atoms with Crippen LogP contribution in [0.15, 0.2) is 36.5 Å². The van der Waals surface area contributed by atoms with Crippen molar-refractivity contribution in [2.75, 3.05) is 5.32 Å². The molecule has 1 aliphatic rings. The average molecular weight is 255 g/mol. The van der Waals surface area contributed by atoms with E-state index in [4.69, 9.17) is 0 Å². The lowest BCUT2D eigenvalue weighted by molar-refractivity contribution is 0.101. The van der Waals surface area contributed by atoms with Crippen LogP contribution in [0, 0.1) is 0 Å². The lowest BCUT2D eigenvalue weighted by Gasteiger charge is -2.07. The monoisotopic (exact) mass is 255 g/mol. The molecule has 0 aliphatic carbocycles. The molecule has 1 aliphatic heterocycles. The van der Waals surface area contributed by atoms with Crippen LogP contribution in [-0.4, -0.2) is 16.0 Å². The van der Waals surface area contributed by atoms with Crippen LogP contribution in [0.25, 0.3) is 0 Å². The zero-order chi connectivity index (χ0) is 13.2. The first-order valence-electron chi connectivity index (χ1n) is 6.02. The number of fused-ring (bicyclic) bond motifs is 1. The summed E-state index contributed by atoms with van der Waals surface area (Å²) in [5, 5.41) is 15.6. The molecule has 2 aromatic rings. The Morgan fingerprint density at radius 3 is 2.95 bits per heavy atom. The molecule has 3 N–H and O–H groups in total. The van der Waals surface area contributed by atoms with Gasteiger partial charge in [-0.1, -0.05) is 6.07 Å². The molecule has 2 heterocycles. The predicted octanol–water partition coefficient (Wildman–Crippen LogP) is 1.64. The molecule has 0 spiro atoms. The van der Waals surface area contributed by atoms with Crippen LogP contribution in [0.5, 0.6) is 5.75 Å². The van der Waals surface area contributed by atoms with E-state index >= 15 is 0 Å². The van der Waals surface area contributed by atoms with Crippen molar-refractivity contribution in [3.8, 4) is 5.75 Å². The van der Waals surface area contributed by atoms with Crippen molar-refractivity contribution in [2.45, 2.75) is 13.1 Å². The van der Waals surface area contributed by atoms with Crippen molar-refractivity contribution in [1.82, 2.24) is 10.3 Å². The number of aromatic hydroxyl groups is 1. The lowest BCUT2D eigenvalue weighted by atomic mass is 10.1. The number of pyridine rings is 1. The van der Waals surface area contributed by atoms with E-state index in [0.29, 0.717) is 5.69 Å². The number of nitrogens with one attached hydrogen (secondary N) is 2. The third-order valence-corrected chi connectivity index (χ3v) is 3.10. The Hall–Kier alpha value is -2.40. The predicted molar refractivity (Wildman–Crippen MR) is 70.8 cm³/mol. The van der Waals surface area contributed by atoms with E-state index < -0.39 is 5.91 Å². The van der Waals surface area contributed by atoms with Gasteiger partial charge in [0.2, 0.25) is 0 Å². The number of hydrogen-bond donors (Lipinski definition) is 3. The highest BCUT2D eigenvalue weighted by Crippen LogP contribution is 2.21. The third-order valence-electron chi connectivity index (χ3n) is 3.10. The number of amides is 1. The molecule has 96 valence electrons. The summed E-state index contributed by atoms with van der Waals surface area (Å²) in [5.74, 6) is -0.535. The van der Waals surface area contributed by atoms with Crippen molar-refractivity contribution in [3.05, 3.63) is 53.3 Å². The van der Waals surface area contributed by atoms with Crippen molar-refractivity contribution in [2.24, 2.45) is 0 Å². The van der Waals surface area contributed by atoms with Crippen LogP contribution >= 0.6 is 0 Å². The average Bonchev–Trinajstić information content (AvgIpc) is 2.86. The van der Waals surface area contributed by atoms with Crippen LogP contribution < -0.4 is 10.6 Å². The molecule has 5 nitrogen and oxygen atoms in total. The van der Waals surface area contributed by atoms with Gasteiger partial charge in [-0.05, 0) is 35.4 Å². The Balaban J connectivity index is 1.82. The molecular formula is C14H13N3O2. The maximum absolute atomic E-state index is 12.0. The Bertz CT molecular complexity index is 640. The quantitative estimate of drug-likeness (QED) is 0.762. The van der Waals surface area contributed by atoms with Crippen LogP contribution in [0.1, 0.15) is 21.6 Å². The highest BCUT2D eigenvalue weighted by atomic mass is 16.3. The number of aromatic nitrogens is 1. The molecule has 5 heteroatoms. The number of hydrogen-bond acceptors (Lipinski definition) is 4. The maximum atomic E-state index is 12.0. The summed E-state index contributed by atoms with van der Waals surface area (Å²) in [6.45, 7) is 1.68. The molecule has 0 saturated carbocycles. The fraction of sp³-hybridized carbons (Fsp3) is 0.143. The number of rotatable bonds is 2. The number of carbonyl (C=O) groups is 1.